The molecule has 0 radical (unpaired) electrons. The molecule has 142 valence electrons. The monoisotopic (exact) mass is 388 g/mol. The van der Waals surface area contributed by atoms with Gasteiger partial charge in [0.1, 0.15) is 6.54 Å². The standard InChI is InChI=1S/C19H20N2O5S/c22-17(20-10-2-1-3-11-20)13-26-18(23)12-21-15-8-4-6-14-7-5-9-16(19(14)15)27(21,24)25/h4-9H,1-3,10-13H2. The van der Waals surface area contributed by atoms with E-state index in [1.807, 2.05) is 12.1 Å². The van der Waals surface area contributed by atoms with Crippen molar-refractivity contribution in [2.75, 3.05) is 30.5 Å². The first-order valence-corrected chi connectivity index (χ1v) is 10.4. The quantitative estimate of drug-likeness (QED) is 0.747. The van der Waals surface area contributed by atoms with Crippen LogP contribution in [0, 0.1) is 0 Å². The predicted octanol–water partition coefficient (Wildman–Crippen LogP) is 1.90. The lowest BCUT2D eigenvalue weighted by Crippen LogP contribution is -2.40. The number of benzene rings is 2. The molecule has 2 aliphatic rings. The van der Waals surface area contributed by atoms with E-state index in [0.29, 0.717) is 24.2 Å². The molecule has 0 unspecified atom stereocenters. The zero-order valence-electron chi connectivity index (χ0n) is 14.8. The molecule has 0 saturated carbocycles. The Morgan fingerprint density at radius 2 is 1.70 bits per heavy atom. The molecule has 0 atom stereocenters. The summed E-state index contributed by atoms with van der Waals surface area (Å²) in [6.45, 7) is 0.537. The van der Waals surface area contributed by atoms with Gasteiger partial charge in [0.15, 0.2) is 6.61 Å². The molecule has 4 rings (SSSR count). The van der Waals surface area contributed by atoms with E-state index in [4.69, 9.17) is 4.74 Å². The van der Waals surface area contributed by atoms with Crippen molar-refractivity contribution in [1.29, 1.82) is 0 Å². The number of esters is 1. The van der Waals surface area contributed by atoms with Crippen LogP contribution in [0.1, 0.15) is 19.3 Å². The molecule has 0 aromatic heterocycles. The Labute approximate surface area is 157 Å². The number of piperidine rings is 1. The molecule has 2 aliphatic heterocycles. The van der Waals surface area contributed by atoms with Gasteiger partial charge in [0.2, 0.25) is 0 Å². The fourth-order valence-electron chi connectivity index (χ4n) is 3.67. The van der Waals surface area contributed by atoms with E-state index in [9.17, 15) is 18.0 Å². The zero-order valence-corrected chi connectivity index (χ0v) is 15.6. The summed E-state index contributed by atoms with van der Waals surface area (Å²) in [7, 11) is -3.82. The number of hydrogen-bond donors (Lipinski definition) is 0. The topological polar surface area (TPSA) is 84.0 Å². The predicted molar refractivity (Wildman–Crippen MR) is 99.9 cm³/mol. The highest BCUT2D eigenvalue weighted by Crippen LogP contribution is 2.41. The Morgan fingerprint density at radius 3 is 2.44 bits per heavy atom. The van der Waals surface area contributed by atoms with Crippen LogP contribution in [0.5, 0.6) is 0 Å². The Kier molecular flexibility index (Phi) is 4.51. The average molecular weight is 388 g/mol. The lowest BCUT2D eigenvalue weighted by molar-refractivity contribution is -0.151. The molecule has 8 heteroatoms. The van der Waals surface area contributed by atoms with Gasteiger partial charge in [-0.25, -0.2) is 8.42 Å². The molecule has 0 bridgehead atoms. The second kappa shape index (κ2) is 6.84. The molecule has 1 amide bonds. The molecule has 1 saturated heterocycles. The first-order chi connectivity index (χ1) is 13.0. The van der Waals surface area contributed by atoms with Crippen molar-refractivity contribution in [3.05, 3.63) is 36.4 Å². The van der Waals surface area contributed by atoms with Gasteiger partial charge in [0, 0.05) is 18.5 Å². The van der Waals surface area contributed by atoms with Crippen molar-refractivity contribution in [3.8, 4) is 0 Å². The third kappa shape index (κ3) is 3.14. The summed E-state index contributed by atoms with van der Waals surface area (Å²) in [4.78, 5) is 26.2. The number of nitrogens with zero attached hydrogens (tertiary/aromatic N) is 2. The average Bonchev–Trinajstić information content (AvgIpc) is 2.90. The van der Waals surface area contributed by atoms with Gasteiger partial charge in [0.05, 0.1) is 10.6 Å². The van der Waals surface area contributed by atoms with Crippen molar-refractivity contribution >= 4 is 38.4 Å². The molecule has 1 fully saturated rings. The summed E-state index contributed by atoms with van der Waals surface area (Å²) < 4.78 is 31.8. The molecule has 7 nitrogen and oxygen atoms in total. The van der Waals surface area contributed by atoms with Crippen molar-refractivity contribution in [2.24, 2.45) is 0 Å². The van der Waals surface area contributed by atoms with Gasteiger partial charge in [-0.05, 0) is 36.8 Å². The second-order valence-electron chi connectivity index (χ2n) is 6.75. The molecule has 2 heterocycles. The summed E-state index contributed by atoms with van der Waals surface area (Å²) in [6, 6.07) is 10.3. The summed E-state index contributed by atoms with van der Waals surface area (Å²) in [5.74, 6) is -0.980. The number of sulfonamides is 1. The molecule has 2 aromatic carbocycles. The Balaban J connectivity index is 1.47. The summed E-state index contributed by atoms with van der Waals surface area (Å²) in [5, 5.41) is 1.40. The number of likely N-dealkylation sites (tertiary alicyclic amines) is 1. The van der Waals surface area contributed by atoms with Crippen molar-refractivity contribution in [2.45, 2.75) is 24.2 Å². The van der Waals surface area contributed by atoms with E-state index < -0.39 is 22.5 Å². The lowest BCUT2D eigenvalue weighted by Gasteiger charge is -2.26. The Morgan fingerprint density at radius 1 is 1.00 bits per heavy atom. The highest BCUT2D eigenvalue weighted by atomic mass is 32.2. The highest BCUT2D eigenvalue weighted by molar-refractivity contribution is 7.93. The van der Waals surface area contributed by atoms with Crippen LogP contribution in [0.4, 0.5) is 5.69 Å². The third-order valence-corrected chi connectivity index (χ3v) is 6.82. The van der Waals surface area contributed by atoms with E-state index in [1.165, 1.54) is 6.07 Å². The number of carbonyl (C=O) groups excluding carboxylic acids is 2. The highest BCUT2D eigenvalue weighted by Gasteiger charge is 2.37. The maximum atomic E-state index is 12.8. The van der Waals surface area contributed by atoms with Gasteiger partial charge in [0.25, 0.3) is 15.9 Å². The lowest BCUT2D eigenvalue weighted by atomic mass is 10.1. The van der Waals surface area contributed by atoms with Gasteiger partial charge >= 0.3 is 5.97 Å². The minimum absolute atomic E-state index is 0.188. The molecule has 0 spiro atoms. The molecular formula is C19H20N2O5S. The Hall–Kier alpha value is -2.61. The third-order valence-electron chi connectivity index (χ3n) is 5.02. The van der Waals surface area contributed by atoms with Crippen LogP contribution in [-0.2, 0) is 24.3 Å². The largest absolute Gasteiger partial charge is 0.454 e. The number of rotatable bonds is 4. The first-order valence-electron chi connectivity index (χ1n) is 8.96. The van der Waals surface area contributed by atoms with Crippen LogP contribution in [0.3, 0.4) is 0 Å². The van der Waals surface area contributed by atoms with Gasteiger partial charge in [-0.2, -0.15) is 0 Å². The summed E-state index contributed by atoms with van der Waals surface area (Å²) in [5.41, 5.74) is 0.461. The van der Waals surface area contributed by atoms with E-state index in [2.05, 4.69) is 0 Å². The number of anilines is 1. The molecule has 27 heavy (non-hydrogen) atoms. The normalized spacial score (nSPS) is 17.9. The fourth-order valence-corrected chi connectivity index (χ4v) is 5.32. The van der Waals surface area contributed by atoms with Crippen molar-refractivity contribution in [3.63, 3.8) is 0 Å². The van der Waals surface area contributed by atoms with E-state index in [0.717, 1.165) is 29.0 Å². The van der Waals surface area contributed by atoms with Gasteiger partial charge in [-0.15, -0.1) is 0 Å². The van der Waals surface area contributed by atoms with Crippen LogP contribution in [0.15, 0.2) is 41.3 Å². The van der Waals surface area contributed by atoms with Gasteiger partial charge < -0.3 is 9.64 Å². The summed E-state index contributed by atoms with van der Waals surface area (Å²) in [6.07, 6.45) is 3.00. The van der Waals surface area contributed by atoms with E-state index in [-0.39, 0.29) is 17.4 Å². The van der Waals surface area contributed by atoms with Crippen LogP contribution in [-0.4, -0.2) is 51.4 Å². The number of carbonyl (C=O) groups is 2. The number of amides is 1. The smallest absolute Gasteiger partial charge is 0.327 e. The maximum Gasteiger partial charge on any atom is 0.327 e. The Bertz CT molecular complexity index is 1010. The number of ether oxygens (including phenoxy) is 1. The van der Waals surface area contributed by atoms with E-state index >= 15 is 0 Å². The van der Waals surface area contributed by atoms with Crippen LogP contribution in [0.2, 0.25) is 0 Å². The first kappa shape index (κ1) is 17.8. The molecule has 0 N–H and O–H groups in total. The molecular weight excluding hydrogens is 368 g/mol. The summed E-state index contributed by atoms with van der Waals surface area (Å²) >= 11 is 0. The van der Waals surface area contributed by atoms with Crippen LogP contribution < -0.4 is 4.31 Å². The molecule has 2 aromatic rings. The molecule has 0 aliphatic carbocycles. The second-order valence-corrected chi connectivity index (χ2v) is 8.58. The van der Waals surface area contributed by atoms with Crippen LogP contribution in [0.25, 0.3) is 10.8 Å². The van der Waals surface area contributed by atoms with Gasteiger partial charge in [-0.3, -0.25) is 13.9 Å². The fraction of sp³-hybridized carbons (Fsp3) is 0.368. The maximum absolute atomic E-state index is 12.8. The minimum atomic E-state index is -3.82. The minimum Gasteiger partial charge on any atom is -0.454 e. The number of hydrogen-bond acceptors (Lipinski definition) is 5. The van der Waals surface area contributed by atoms with Crippen molar-refractivity contribution in [1.82, 2.24) is 4.90 Å². The van der Waals surface area contributed by atoms with E-state index in [1.54, 1.807) is 23.1 Å². The van der Waals surface area contributed by atoms with Gasteiger partial charge in [-0.1, -0.05) is 24.3 Å². The zero-order chi connectivity index (χ0) is 19.0. The van der Waals surface area contributed by atoms with Crippen LogP contribution >= 0.6 is 0 Å². The SMILES string of the molecule is O=C(CN1c2cccc3cccc(c23)S1(=O)=O)OCC(=O)N1CCCCC1. The van der Waals surface area contributed by atoms with Crippen molar-refractivity contribution < 1.29 is 22.7 Å².